The highest BCUT2D eigenvalue weighted by Crippen LogP contribution is 2.15. The molecule has 0 saturated carbocycles. The quantitative estimate of drug-likeness (QED) is 0.608. The molecule has 1 aromatic carbocycles. The zero-order chi connectivity index (χ0) is 21.0. The van der Waals surface area contributed by atoms with Crippen molar-refractivity contribution in [2.45, 2.75) is 19.6 Å². The molecule has 1 N–H and O–H groups in total. The molecular formula is C18H14ClFN4O5. The maximum Gasteiger partial charge on any atom is 0.437 e. The summed E-state index contributed by atoms with van der Waals surface area (Å²) in [5.74, 6) is -2.70. The average molecular weight is 421 g/mol. The van der Waals surface area contributed by atoms with Crippen molar-refractivity contribution in [2.24, 2.45) is 0 Å². The fourth-order valence-electron chi connectivity index (χ4n) is 2.20. The first-order valence-electron chi connectivity index (χ1n) is 8.27. The van der Waals surface area contributed by atoms with Gasteiger partial charge in [-0.3, -0.25) is 9.59 Å². The average Bonchev–Trinajstić information content (AvgIpc) is 3.04. The molecule has 1 amide bonds. The number of anilines is 1. The molecule has 1 unspecified atom stereocenters. The van der Waals surface area contributed by atoms with Crippen molar-refractivity contribution in [3.8, 4) is 11.5 Å². The highest BCUT2D eigenvalue weighted by molar-refractivity contribution is 6.30. The number of pyridine rings is 1. The monoisotopic (exact) mass is 420 g/mol. The third-order valence-electron chi connectivity index (χ3n) is 3.63. The Morgan fingerprint density at radius 2 is 2.00 bits per heavy atom. The number of aromatic nitrogens is 3. The molecule has 3 aromatic rings. The van der Waals surface area contributed by atoms with Gasteiger partial charge in [0.2, 0.25) is 5.89 Å². The van der Waals surface area contributed by atoms with E-state index in [0.29, 0.717) is 10.6 Å². The van der Waals surface area contributed by atoms with Crippen LogP contribution in [0.1, 0.15) is 6.92 Å². The normalized spacial score (nSPS) is 11.7. The summed E-state index contributed by atoms with van der Waals surface area (Å²) in [6.07, 6.45) is 0.197. The number of benzene rings is 1. The molecule has 0 aliphatic rings. The van der Waals surface area contributed by atoms with Crippen LogP contribution in [0.4, 0.5) is 10.2 Å². The maximum absolute atomic E-state index is 13.0. The zero-order valence-corrected chi connectivity index (χ0v) is 15.7. The van der Waals surface area contributed by atoms with E-state index in [-0.39, 0.29) is 11.7 Å². The number of hydrogen-bond acceptors (Lipinski definition) is 7. The van der Waals surface area contributed by atoms with E-state index in [1.165, 1.54) is 49.5 Å². The second-order valence-corrected chi connectivity index (χ2v) is 6.26. The van der Waals surface area contributed by atoms with Gasteiger partial charge in [-0.25, -0.2) is 14.2 Å². The summed E-state index contributed by atoms with van der Waals surface area (Å²) in [5.41, 5.74) is 0.360. The Morgan fingerprint density at radius 3 is 2.66 bits per heavy atom. The number of nitrogens with one attached hydrogen (secondary N) is 1. The summed E-state index contributed by atoms with van der Waals surface area (Å²) < 4.78 is 23.7. The van der Waals surface area contributed by atoms with E-state index >= 15 is 0 Å². The predicted molar refractivity (Wildman–Crippen MR) is 99.6 cm³/mol. The molecule has 2 aromatic heterocycles. The Balaban J connectivity index is 1.60. The lowest BCUT2D eigenvalue weighted by Crippen LogP contribution is -2.32. The van der Waals surface area contributed by atoms with E-state index in [4.69, 9.17) is 20.8 Å². The summed E-state index contributed by atoms with van der Waals surface area (Å²) >= 11 is 5.71. The molecule has 0 aliphatic carbocycles. The van der Waals surface area contributed by atoms with Gasteiger partial charge >= 0.3 is 11.7 Å². The van der Waals surface area contributed by atoms with Crippen molar-refractivity contribution in [1.82, 2.24) is 14.8 Å². The largest absolute Gasteiger partial charge is 0.451 e. The lowest BCUT2D eigenvalue weighted by molar-refractivity contribution is -0.154. The molecule has 3 rings (SSSR count). The minimum atomic E-state index is -1.15. The number of carbonyl (C=O) groups is 2. The van der Waals surface area contributed by atoms with Gasteiger partial charge in [0.1, 0.15) is 18.2 Å². The lowest BCUT2D eigenvalue weighted by Gasteiger charge is -2.12. The van der Waals surface area contributed by atoms with Crippen LogP contribution in [0.25, 0.3) is 11.5 Å². The van der Waals surface area contributed by atoms with Crippen LogP contribution in [0.3, 0.4) is 0 Å². The molecule has 150 valence electrons. The molecular weight excluding hydrogens is 407 g/mol. The number of carbonyl (C=O) groups excluding carboxylic acids is 2. The molecule has 29 heavy (non-hydrogen) atoms. The number of esters is 1. The number of amides is 1. The third-order valence-corrected chi connectivity index (χ3v) is 3.86. The molecule has 0 radical (unpaired) electrons. The van der Waals surface area contributed by atoms with Crippen molar-refractivity contribution in [3.63, 3.8) is 0 Å². The maximum atomic E-state index is 13.0. The van der Waals surface area contributed by atoms with Crippen LogP contribution in [-0.4, -0.2) is 32.7 Å². The van der Waals surface area contributed by atoms with Crippen LogP contribution < -0.4 is 11.1 Å². The van der Waals surface area contributed by atoms with Crippen molar-refractivity contribution in [3.05, 3.63) is 64.0 Å². The van der Waals surface area contributed by atoms with Gasteiger partial charge in [0.25, 0.3) is 5.91 Å². The second-order valence-electron chi connectivity index (χ2n) is 5.82. The highest BCUT2D eigenvalue weighted by Gasteiger charge is 2.20. The van der Waals surface area contributed by atoms with E-state index < -0.39 is 36.1 Å². The van der Waals surface area contributed by atoms with Crippen molar-refractivity contribution < 1.29 is 23.1 Å². The van der Waals surface area contributed by atoms with Gasteiger partial charge in [-0.05, 0) is 43.3 Å². The summed E-state index contributed by atoms with van der Waals surface area (Å²) in [7, 11) is 0. The van der Waals surface area contributed by atoms with Gasteiger partial charge in [0.15, 0.2) is 6.10 Å². The molecule has 1 atom stereocenters. The molecule has 0 aliphatic heterocycles. The van der Waals surface area contributed by atoms with Gasteiger partial charge in [0.05, 0.1) is 5.02 Å². The molecule has 2 heterocycles. The Kier molecular flexibility index (Phi) is 6.03. The Labute approximate surface area is 168 Å². The number of halogens is 2. The smallest absolute Gasteiger partial charge is 0.437 e. The SMILES string of the molecule is CC(OC(=O)Cn1nc(-c2ccc(F)cc2)oc1=O)C(=O)Nc1ccc(Cl)cn1. The van der Waals surface area contributed by atoms with Crippen LogP contribution in [0.15, 0.2) is 51.8 Å². The van der Waals surface area contributed by atoms with Crippen LogP contribution in [-0.2, 0) is 20.9 Å². The van der Waals surface area contributed by atoms with Crippen molar-refractivity contribution >= 4 is 29.3 Å². The number of nitrogens with zero attached hydrogens (tertiary/aromatic N) is 3. The van der Waals surface area contributed by atoms with Crippen LogP contribution >= 0.6 is 11.6 Å². The first-order valence-corrected chi connectivity index (χ1v) is 8.65. The van der Waals surface area contributed by atoms with Gasteiger partial charge in [-0.1, -0.05) is 11.6 Å². The zero-order valence-electron chi connectivity index (χ0n) is 15.0. The molecule has 9 nitrogen and oxygen atoms in total. The third kappa shape index (κ3) is 5.26. The number of rotatable bonds is 6. The fraction of sp³-hybridized carbons (Fsp3) is 0.167. The van der Waals surface area contributed by atoms with Crippen molar-refractivity contribution in [2.75, 3.05) is 5.32 Å². The molecule has 0 saturated heterocycles. The number of hydrogen-bond donors (Lipinski definition) is 1. The Hall–Kier alpha value is -3.53. The Morgan fingerprint density at radius 1 is 1.28 bits per heavy atom. The van der Waals surface area contributed by atoms with Crippen LogP contribution in [0.5, 0.6) is 0 Å². The number of ether oxygens (including phenoxy) is 1. The van der Waals surface area contributed by atoms with E-state index in [1.807, 2.05) is 0 Å². The van der Waals surface area contributed by atoms with Gasteiger partial charge in [0, 0.05) is 11.8 Å². The van der Waals surface area contributed by atoms with Gasteiger partial charge in [-0.15, -0.1) is 5.10 Å². The molecule has 0 spiro atoms. The summed E-state index contributed by atoms with van der Waals surface area (Å²) in [5, 5.41) is 6.73. The van der Waals surface area contributed by atoms with E-state index in [2.05, 4.69) is 15.4 Å². The standard InChI is InChI=1S/C18H14ClFN4O5/c1-10(16(26)22-14-7-4-12(19)8-21-14)28-15(25)9-24-18(27)29-17(23-24)11-2-5-13(20)6-3-11/h2-8,10H,9H2,1H3,(H,21,22,26). The highest BCUT2D eigenvalue weighted by atomic mass is 35.5. The molecule has 0 bridgehead atoms. The minimum absolute atomic E-state index is 0.0811. The summed E-state index contributed by atoms with van der Waals surface area (Å²) in [6.45, 7) is 0.791. The summed E-state index contributed by atoms with van der Waals surface area (Å²) in [6, 6.07) is 8.13. The van der Waals surface area contributed by atoms with E-state index in [1.54, 1.807) is 0 Å². The topological polar surface area (TPSA) is 116 Å². The molecule has 0 fully saturated rings. The molecule has 11 heteroatoms. The van der Waals surface area contributed by atoms with Gasteiger partial charge < -0.3 is 14.5 Å². The summed E-state index contributed by atoms with van der Waals surface area (Å²) in [4.78, 5) is 39.9. The van der Waals surface area contributed by atoms with Crippen molar-refractivity contribution in [1.29, 1.82) is 0 Å². The van der Waals surface area contributed by atoms with E-state index in [9.17, 15) is 18.8 Å². The first-order chi connectivity index (χ1) is 13.8. The fourth-order valence-corrected chi connectivity index (χ4v) is 2.31. The predicted octanol–water partition coefficient (Wildman–Crippen LogP) is 2.26. The van der Waals surface area contributed by atoms with Gasteiger partial charge in [-0.2, -0.15) is 4.68 Å². The van der Waals surface area contributed by atoms with E-state index in [0.717, 1.165) is 4.68 Å². The minimum Gasteiger partial charge on any atom is -0.451 e. The second kappa shape index (κ2) is 8.65. The van der Waals surface area contributed by atoms with Crippen LogP contribution in [0, 0.1) is 5.82 Å². The first kappa shape index (κ1) is 20.2. The Bertz CT molecular complexity index is 1080. The lowest BCUT2D eigenvalue weighted by atomic mass is 10.2. The van der Waals surface area contributed by atoms with Crippen LogP contribution in [0.2, 0.25) is 5.02 Å².